The Bertz CT molecular complexity index is 1050. The van der Waals surface area contributed by atoms with Gasteiger partial charge >= 0.3 is 5.97 Å². The molecular weight excluding hydrogens is 436 g/mol. The second kappa shape index (κ2) is 14.1. The lowest BCUT2D eigenvalue weighted by Crippen LogP contribution is -2.12. The number of carbonyl (C=O) groups is 1. The maximum Gasteiger partial charge on any atom is 0.303 e. The van der Waals surface area contributed by atoms with Crippen molar-refractivity contribution in [3.63, 3.8) is 0 Å². The number of nitrogen functional groups attached to an aromatic ring is 1. The minimum Gasteiger partial charge on any atom is -0.494 e. The van der Waals surface area contributed by atoms with Gasteiger partial charge in [0, 0.05) is 19.0 Å². The van der Waals surface area contributed by atoms with E-state index in [0.29, 0.717) is 17.4 Å². The van der Waals surface area contributed by atoms with Crippen molar-refractivity contribution in [1.29, 1.82) is 0 Å². The number of nitrogens with one attached hydrogen (secondary N) is 1. The molecule has 0 spiro atoms. The molecule has 3 rings (SSSR count). The first-order valence-corrected chi connectivity index (χ1v) is 12.3. The van der Waals surface area contributed by atoms with Gasteiger partial charge in [-0.1, -0.05) is 87.4 Å². The van der Waals surface area contributed by atoms with Crippen LogP contribution < -0.4 is 15.8 Å². The second-order valence-electron chi connectivity index (χ2n) is 8.93. The number of rotatable bonds is 9. The molecular formula is C30H40N2O3. The van der Waals surface area contributed by atoms with Gasteiger partial charge in [0.15, 0.2) is 6.10 Å². The number of esters is 1. The first-order valence-electron chi connectivity index (χ1n) is 12.3. The fourth-order valence-corrected chi connectivity index (χ4v) is 3.62. The molecule has 35 heavy (non-hydrogen) atoms. The summed E-state index contributed by atoms with van der Waals surface area (Å²) in [6.07, 6.45) is 1.61. The third-order valence-electron chi connectivity index (χ3n) is 5.64. The van der Waals surface area contributed by atoms with Crippen LogP contribution in [0.5, 0.6) is 5.75 Å². The average Bonchev–Trinajstić information content (AvgIpc) is 2.84. The number of benzene rings is 3. The Morgan fingerprint density at radius 3 is 2.17 bits per heavy atom. The highest BCUT2D eigenvalue weighted by Crippen LogP contribution is 2.37. The smallest absolute Gasteiger partial charge is 0.303 e. The first-order chi connectivity index (χ1) is 16.8. The Morgan fingerprint density at radius 1 is 0.971 bits per heavy atom. The first kappa shape index (κ1) is 27.8. The number of nitrogens with two attached hydrogens (primary N) is 1. The van der Waals surface area contributed by atoms with E-state index in [1.807, 2.05) is 42.5 Å². The topological polar surface area (TPSA) is 73.6 Å². The van der Waals surface area contributed by atoms with E-state index < -0.39 is 6.10 Å². The molecule has 0 fully saturated rings. The minimum atomic E-state index is -0.528. The van der Waals surface area contributed by atoms with E-state index in [1.165, 1.54) is 18.1 Å². The number of methoxy groups -OCH3 is 1. The standard InChI is InChI=1S/C20H26N2O3.C10H14/c1-4-5-11-22-19-17(21)12-16(13-18(19)24-3)20(25-14(2)23)15-9-7-6-8-10-15;1-8(2)10-6-4-9(3)5-7-10/h6-10,12-13,20,22H,4-5,11,21H2,1-3H3;4-8H,1-3H3. The number of hydrogen-bond donors (Lipinski definition) is 2. The van der Waals surface area contributed by atoms with Crippen LogP contribution in [0.3, 0.4) is 0 Å². The molecule has 188 valence electrons. The van der Waals surface area contributed by atoms with Gasteiger partial charge in [0.05, 0.1) is 12.8 Å². The van der Waals surface area contributed by atoms with Gasteiger partial charge < -0.3 is 20.5 Å². The summed E-state index contributed by atoms with van der Waals surface area (Å²) in [4.78, 5) is 11.6. The van der Waals surface area contributed by atoms with Crippen LogP contribution in [0.25, 0.3) is 0 Å². The molecule has 1 unspecified atom stereocenters. The minimum absolute atomic E-state index is 0.350. The summed E-state index contributed by atoms with van der Waals surface area (Å²) in [5.41, 5.74) is 12.0. The van der Waals surface area contributed by atoms with Crippen LogP contribution in [0.1, 0.15) is 74.8 Å². The van der Waals surface area contributed by atoms with Crippen LogP contribution in [0, 0.1) is 6.92 Å². The Labute approximate surface area is 210 Å². The van der Waals surface area contributed by atoms with E-state index in [0.717, 1.165) is 36.2 Å². The lowest BCUT2D eigenvalue weighted by atomic mass is 9.99. The van der Waals surface area contributed by atoms with Gasteiger partial charge in [-0.05, 0) is 42.5 Å². The van der Waals surface area contributed by atoms with E-state index in [1.54, 1.807) is 7.11 Å². The van der Waals surface area contributed by atoms with E-state index in [9.17, 15) is 4.79 Å². The SMILES string of the molecule is CCCCNc1c(N)cc(C(OC(C)=O)c2ccccc2)cc1OC.Cc1ccc(C(C)C)cc1. The van der Waals surface area contributed by atoms with Crippen molar-refractivity contribution < 1.29 is 14.3 Å². The molecule has 0 saturated carbocycles. The highest BCUT2D eigenvalue weighted by atomic mass is 16.5. The third kappa shape index (κ3) is 8.67. The van der Waals surface area contributed by atoms with Crippen molar-refractivity contribution in [2.45, 2.75) is 59.5 Å². The number of anilines is 2. The number of unbranched alkanes of at least 4 members (excludes halogenated alkanes) is 1. The molecule has 0 radical (unpaired) electrons. The molecule has 0 heterocycles. The second-order valence-corrected chi connectivity index (χ2v) is 8.93. The zero-order chi connectivity index (χ0) is 25.8. The van der Waals surface area contributed by atoms with Crippen molar-refractivity contribution in [2.24, 2.45) is 0 Å². The molecule has 3 aromatic rings. The highest BCUT2D eigenvalue weighted by Gasteiger charge is 2.20. The summed E-state index contributed by atoms with van der Waals surface area (Å²) in [5, 5.41) is 3.32. The van der Waals surface area contributed by atoms with Gasteiger partial charge in [0.25, 0.3) is 0 Å². The monoisotopic (exact) mass is 476 g/mol. The quantitative estimate of drug-likeness (QED) is 0.193. The normalized spacial score (nSPS) is 11.3. The van der Waals surface area contributed by atoms with Crippen LogP contribution in [0.4, 0.5) is 11.4 Å². The molecule has 5 nitrogen and oxygen atoms in total. The summed E-state index contributed by atoms with van der Waals surface area (Å²) >= 11 is 0. The molecule has 0 saturated heterocycles. The van der Waals surface area contributed by atoms with Gasteiger partial charge in [-0.3, -0.25) is 4.79 Å². The van der Waals surface area contributed by atoms with Crippen molar-refractivity contribution >= 4 is 17.3 Å². The van der Waals surface area contributed by atoms with E-state index in [4.69, 9.17) is 15.2 Å². The van der Waals surface area contributed by atoms with Gasteiger partial charge in [0.1, 0.15) is 11.4 Å². The molecule has 3 aromatic carbocycles. The van der Waals surface area contributed by atoms with Crippen LogP contribution in [-0.4, -0.2) is 19.6 Å². The average molecular weight is 477 g/mol. The molecule has 0 bridgehead atoms. The van der Waals surface area contributed by atoms with Crippen molar-refractivity contribution in [3.8, 4) is 5.75 Å². The molecule has 5 heteroatoms. The van der Waals surface area contributed by atoms with Gasteiger partial charge in [-0.15, -0.1) is 0 Å². The molecule has 0 amide bonds. The predicted molar refractivity (Wildman–Crippen MR) is 146 cm³/mol. The van der Waals surface area contributed by atoms with Gasteiger partial charge in [-0.25, -0.2) is 0 Å². The van der Waals surface area contributed by atoms with Crippen molar-refractivity contribution in [2.75, 3.05) is 24.7 Å². The summed E-state index contributed by atoms with van der Waals surface area (Å²) < 4.78 is 11.1. The largest absolute Gasteiger partial charge is 0.494 e. The zero-order valence-corrected chi connectivity index (χ0v) is 21.9. The Hall–Kier alpha value is -3.47. The third-order valence-corrected chi connectivity index (χ3v) is 5.64. The maximum absolute atomic E-state index is 11.6. The fraction of sp³-hybridized carbons (Fsp3) is 0.367. The Balaban J connectivity index is 0.000000360. The van der Waals surface area contributed by atoms with Gasteiger partial charge in [-0.2, -0.15) is 0 Å². The summed E-state index contributed by atoms with van der Waals surface area (Å²) in [6.45, 7) is 10.9. The maximum atomic E-state index is 11.6. The molecule has 1 atom stereocenters. The number of ether oxygens (including phenoxy) is 2. The lowest BCUT2D eigenvalue weighted by Gasteiger charge is -2.21. The molecule has 0 aromatic heterocycles. The number of hydrogen-bond acceptors (Lipinski definition) is 5. The van der Waals surface area contributed by atoms with Crippen molar-refractivity contribution in [3.05, 3.63) is 89.0 Å². The van der Waals surface area contributed by atoms with E-state index >= 15 is 0 Å². The summed E-state index contributed by atoms with van der Waals surface area (Å²) in [7, 11) is 1.60. The number of aryl methyl sites for hydroxylation is 1. The van der Waals surface area contributed by atoms with Crippen LogP contribution in [0.2, 0.25) is 0 Å². The number of carbonyl (C=O) groups excluding carboxylic acids is 1. The van der Waals surface area contributed by atoms with E-state index in [-0.39, 0.29) is 5.97 Å². The van der Waals surface area contributed by atoms with Gasteiger partial charge in [0.2, 0.25) is 0 Å². The fourth-order valence-electron chi connectivity index (χ4n) is 3.62. The Kier molecular flexibility index (Phi) is 11.1. The summed E-state index contributed by atoms with van der Waals surface area (Å²) in [6, 6.07) is 22.0. The molecule has 3 N–H and O–H groups in total. The van der Waals surface area contributed by atoms with Crippen LogP contribution in [-0.2, 0) is 9.53 Å². The van der Waals surface area contributed by atoms with Crippen LogP contribution >= 0.6 is 0 Å². The molecule has 0 aliphatic rings. The molecule has 0 aliphatic heterocycles. The lowest BCUT2D eigenvalue weighted by molar-refractivity contribution is -0.144. The highest BCUT2D eigenvalue weighted by molar-refractivity contribution is 5.75. The predicted octanol–water partition coefficient (Wildman–Crippen LogP) is 7.26. The van der Waals surface area contributed by atoms with Crippen molar-refractivity contribution in [1.82, 2.24) is 0 Å². The Morgan fingerprint density at radius 2 is 1.63 bits per heavy atom. The molecule has 0 aliphatic carbocycles. The zero-order valence-electron chi connectivity index (χ0n) is 21.9. The summed E-state index contributed by atoms with van der Waals surface area (Å²) in [5.74, 6) is 0.941. The van der Waals surface area contributed by atoms with Crippen LogP contribution in [0.15, 0.2) is 66.7 Å². The van der Waals surface area contributed by atoms with E-state index in [2.05, 4.69) is 57.3 Å².